The first-order valence-electron chi connectivity index (χ1n) is 11.0. The predicted octanol–water partition coefficient (Wildman–Crippen LogP) is 4.62. The van der Waals surface area contributed by atoms with Gasteiger partial charge in [0.15, 0.2) is 0 Å². The lowest BCUT2D eigenvalue weighted by molar-refractivity contribution is 0.0378. The Morgan fingerprint density at radius 1 is 1.03 bits per heavy atom. The Morgan fingerprint density at radius 3 is 2.65 bits per heavy atom. The maximum atomic E-state index is 6.55. The highest BCUT2D eigenvalue weighted by molar-refractivity contribution is 6.31. The summed E-state index contributed by atoms with van der Waals surface area (Å²) in [5.41, 5.74) is 5.81. The molecule has 1 atom stereocenters. The number of aromatic nitrogens is 2. The van der Waals surface area contributed by atoms with Gasteiger partial charge in [-0.25, -0.2) is 9.97 Å². The van der Waals surface area contributed by atoms with Crippen LogP contribution in [-0.4, -0.2) is 54.3 Å². The first kappa shape index (κ1) is 20.4. The molecule has 2 heterocycles. The molecule has 5 nitrogen and oxygen atoms in total. The van der Waals surface area contributed by atoms with Crippen molar-refractivity contribution in [2.24, 2.45) is 0 Å². The summed E-state index contributed by atoms with van der Waals surface area (Å²) < 4.78 is 5.41. The van der Waals surface area contributed by atoms with Crippen LogP contribution >= 0.6 is 11.6 Å². The molecule has 0 radical (unpaired) electrons. The molecule has 6 heteroatoms. The van der Waals surface area contributed by atoms with Gasteiger partial charge in [-0.05, 0) is 42.1 Å². The van der Waals surface area contributed by atoms with E-state index in [1.54, 1.807) is 0 Å². The van der Waals surface area contributed by atoms with Gasteiger partial charge in [0.05, 0.1) is 18.9 Å². The van der Waals surface area contributed by atoms with Crippen LogP contribution in [0.25, 0.3) is 11.3 Å². The maximum Gasteiger partial charge on any atom is 0.223 e. The van der Waals surface area contributed by atoms with Crippen molar-refractivity contribution >= 4 is 17.5 Å². The average molecular weight is 435 g/mol. The SMILES string of the molecule is Clc1ccccc1C1Cc2cnc(NCCCN3CCOCC3)nc2-c2ccccc21. The molecular weight excluding hydrogens is 408 g/mol. The van der Waals surface area contributed by atoms with Crippen LogP contribution in [-0.2, 0) is 11.2 Å². The maximum absolute atomic E-state index is 6.55. The predicted molar refractivity (Wildman–Crippen MR) is 125 cm³/mol. The third kappa shape index (κ3) is 4.45. The van der Waals surface area contributed by atoms with Crippen molar-refractivity contribution in [1.82, 2.24) is 14.9 Å². The molecule has 0 spiro atoms. The van der Waals surface area contributed by atoms with Crippen LogP contribution in [0.4, 0.5) is 5.95 Å². The minimum Gasteiger partial charge on any atom is -0.379 e. The average Bonchev–Trinajstić information content (AvgIpc) is 2.82. The van der Waals surface area contributed by atoms with Gasteiger partial charge in [0.2, 0.25) is 5.95 Å². The molecule has 1 aliphatic carbocycles. The highest BCUT2D eigenvalue weighted by Crippen LogP contribution is 2.43. The highest BCUT2D eigenvalue weighted by Gasteiger charge is 2.28. The number of anilines is 1. The second kappa shape index (κ2) is 9.35. The van der Waals surface area contributed by atoms with E-state index in [1.165, 1.54) is 16.7 Å². The Morgan fingerprint density at radius 2 is 1.81 bits per heavy atom. The van der Waals surface area contributed by atoms with E-state index in [0.29, 0.717) is 5.95 Å². The summed E-state index contributed by atoms with van der Waals surface area (Å²) in [7, 11) is 0. The Bertz CT molecular complexity index is 1050. The fraction of sp³-hybridized carbons (Fsp3) is 0.360. The molecule has 1 N–H and O–H groups in total. The van der Waals surface area contributed by atoms with Crippen molar-refractivity contribution in [3.05, 3.63) is 76.4 Å². The molecule has 2 aliphatic rings. The second-order valence-electron chi connectivity index (χ2n) is 8.17. The summed E-state index contributed by atoms with van der Waals surface area (Å²) in [6, 6.07) is 16.7. The number of nitrogens with zero attached hydrogens (tertiary/aromatic N) is 3. The van der Waals surface area contributed by atoms with E-state index in [1.807, 2.05) is 18.3 Å². The normalized spacial score (nSPS) is 18.3. The van der Waals surface area contributed by atoms with Crippen molar-refractivity contribution in [2.75, 3.05) is 44.7 Å². The van der Waals surface area contributed by atoms with Gasteiger partial charge in [-0.1, -0.05) is 54.1 Å². The van der Waals surface area contributed by atoms with Crippen LogP contribution in [0.1, 0.15) is 29.0 Å². The largest absolute Gasteiger partial charge is 0.379 e. The number of rotatable bonds is 6. The Balaban J connectivity index is 1.33. The van der Waals surface area contributed by atoms with Crippen molar-refractivity contribution in [3.8, 4) is 11.3 Å². The number of halogens is 1. The third-order valence-corrected chi connectivity index (χ3v) is 6.54. The van der Waals surface area contributed by atoms with Gasteiger partial charge in [0, 0.05) is 42.3 Å². The smallest absolute Gasteiger partial charge is 0.223 e. The zero-order chi connectivity index (χ0) is 21.0. The highest BCUT2D eigenvalue weighted by atomic mass is 35.5. The molecule has 160 valence electrons. The molecule has 1 fully saturated rings. The van der Waals surface area contributed by atoms with Gasteiger partial charge < -0.3 is 10.1 Å². The molecular formula is C25H27ClN4O. The lowest BCUT2D eigenvalue weighted by Gasteiger charge is -2.28. The fourth-order valence-electron chi connectivity index (χ4n) is 4.58. The fourth-order valence-corrected chi connectivity index (χ4v) is 4.85. The number of hydrogen-bond acceptors (Lipinski definition) is 5. The summed E-state index contributed by atoms with van der Waals surface area (Å²) in [6.45, 7) is 5.67. The van der Waals surface area contributed by atoms with Crippen molar-refractivity contribution in [2.45, 2.75) is 18.8 Å². The Kier molecular flexibility index (Phi) is 6.16. The summed E-state index contributed by atoms with van der Waals surface area (Å²) in [4.78, 5) is 12.0. The van der Waals surface area contributed by atoms with Crippen LogP contribution < -0.4 is 5.32 Å². The van der Waals surface area contributed by atoms with Gasteiger partial charge >= 0.3 is 0 Å². The molecule has 2 aromatic carbocycles. The molecule has 1 aromatic heterocycles. The van der Waals surface area contributed by atoms with Crippen LogP contribution in [0.3, 0.4) is 0 Å². The minimum atomic E-state index is 0.216. The topological polar surface area (TPSA) is 50.3 Å². The van der Waals surface area contributed by atoms with Gasteiger partial charge in [-0.3, -0.25) is 4.90 Å². The van der Waals surface area contributed by atoms with Crippen molar-refractivity contribution < 1.29 is 4.74 Å². The first-order valence-corrected chi connectivity index (χ1v) is 11.4. The minimum absolute atomic E-state index is 0.216. The van der Waals surface area contributed by atoms with Gasteiger partial charge in [-0.2, -0.15) is 0 Å². The van der Waals surface area contributed by atoms with E-state index in [2.05, 4.69) is 51.6 Å². The van der Waals surface area contributed by atoms with Gasteiger partial charge in [-0.15, -0.1) is 0 Å². The lowest BCUT2D eigenvalue weighted by atomic mass is 9.78. The summed E-state index contributed by atoms with van der Waals surface area (Å²) in [5, 5.41) is 4.23. The first-order chi connectivity index (χ1) is 15.3. The number of fused-ring (bicyclic) bond motifs is 3. The summed E-state index contributed by atoms with van der Waals surface area (Å²) in [6.07, 6.45) is 3.89. The molecule has 31 heavy (non-hydrogen) atoms. The quantitative estimate of drug-likeness (QED) is 0.574. The second-order valence-corrected chi connectivity index (χ2v) is 8.57. The molecule has 5 rings (SSSR count). The van der Waals surface area contributed by atoms with Crippen LogP contribution in [0.5, 0.6) is 0 Å². The van der Waals surface area contributed by atoms with E-state index < -0.39 is 0 Å². The van der Waals surface area contributed by atoms with E-state index in [9.17, 15) is 0 Å². The Hall–Kier alpha value is -2.47. The standard InChI is InChI=1S/C25H27ClN4O/c26-23-9-4-3-7-20(23)22-16-18-17-28-25(27-10-5-11-30-12-14-31-15-13-30)29-24(18)21-8-2-1-6-19(21)22/h1-4,6-9,17,22H,5,10-16H2,(H,27,28,29). The number of benzene rings is 2. The molecule has 1 unspecified atom stereocenters. The Labute approximate surface area is 188 Å². The third-order valence-electron chi connectivity index (χ3n) is 6.20. The van der Waals surface area contributed by atoms with E-state index in [0.717, 1.165) is 68.5 Å². The van der Waals surface area contributed by atoms with Crippen molar-refractivity contribution in [3.63, 3.8) is 0 Å². The summed E-state index contributed by atoms with van der Waals surface area (Å²) >= 11 is 6.55. The number of hydrogen-bond donors (Lipinski definition) is 1. The number of ether oxygens (including phenoxy) is 1. The van der Waals surface area contributed by atoms with Crippen LogP contribution in [0.2, 0.25) is 5.02 Å². The van der Waals surface area contributed by atoms with E-state index in [4.69, 9.17) is 21.3 Å². The molecule has 1 aliphatic heterocycles. The summed E-state index contributed by atoms with van der Waals surface area (Å²) in [5.74, 6) is 0.917. The lowest BCUT2D eigenvalue weighted by Crippen LogP contribution is -2.37. The zero-order valence-corrected chi connectivity index (χ0v) is 18.3. The van der Waals surface area contributed by atoms with E-state index >= 15 is 0 Å². The molecule has 3 aromatic rings. The number of nitrogens with one attached hydrogen (secondary N) is 1. The van der Waals surface area contributed by atoms with E-state index in [-0.39, 0.29) is 5.92 Å². The van der Waals surface area contributed by atoms with Crippen LogP contribution in [0, 0.1) is 0 Å². The van der Waals surface area contributed by atoms with Gasteiger partial charge in [0.1, 0.15) is 0 Å². The molecule has 1 saturated heterocycles. The number of morpholine rings is 1. The monoisotopic (exact) mass is 434 g/mol. The zero-order valence-electron chi connectivity index (χ0n) is 17.6. The molecule has 0 saturated carbocycles. The van der Waals surface area contributed by atoms with Crippen molar-refractivity contribution in [1.29, 1.82) is 0 Å². The molecule has 0 amide bonds. The van der Waals surface area contributed by atoms with Crippen LogP contribution in [0.15, 0.2) is 54.7 Å². The molecule has 0 bridgehead atoms. The van der Waals surface area contributed by atoms with Gasteiger partial charge in [0.25, 0.3) is 0 Å².